The summed E-state index contributed by atoms with van der Waals surface area (Å²) in [6.07, 6.45) is 0.310. The molecule has 4 aromatic rings. The minimum absolute atomic E-state index is 0.138. The Labute approximate surface area is 206 Å². The summed E-state index contributed by atoms with van der Waals surface area (Å²) in [5, 5.41) is 0. The number of hydrogen-bond acceptors (Lipinski definition) is 4. The minimum atomic E-state index is -0.418. The number of esters is 2. The smallest absolute Gasteiger partial charge is 0.309 e. The Morgan fingerprint density at radius 1 is 0.457 bits per heavy atom. The summed E-state index contributed by atoms with van der Waals surface area (Å²) < 4.78 is 10.6. The molecule has 0 aliphatic carbocycles. The molecule has 0 saturated carbocycles. The fraction of sp³-hybridized carbons (Fsp3) is 0.161. The highest BCUT2D eigenvalue weighted by Crippen LogP contribution is 2.29. The lowest BCUT2D eigenvalue weighted by atomic mass is 9.88. The lowest BCUT2D eigenvalue weighted by Crippen LogP contribution is -2.17. The Bertz CT molecular complexity index is 1020. The van der Waals surface area contributed by atoms with E-state index in [9.17, 15) is 9.59 Å². The molecule has 0 atom stereocenters. The van der Waals surface area contributed by atoms with E-state index in [4.69, 9.17) is 9.47 Å². The number of carbonyl (C=O) groups is 2. The molecule has 0 saturated heterocycles. The zero-order valence-corrected chi connectivity index (χ0v) is 19.5. The molecule has 0 fully saturated rings. The van der Waals surface area contributed by atoms with Gasteiger partial charge in [0.2, 0.25) is 6.79 Å². The Kier molecular flexibility index (Phi) is 8.44. The van der Waals surface area contributed by atoms with Crippen molar-refractivity contribution in [3.8, 4) is 0 Å². The number of benzene rings is 4. The lowest BCUT2D eigenvalue weighted by molar-refractivity contribution is -0.167. The summed E-state index contributed by atoms with van der Waals surface area (Å²) in [6.45, 7) is -0.399. The molecule has 0 bridgehead atoms. The van der Waals surface area contributed by atoms with Gasteiger partial charge >= 0.3 is 11.9 Å². The highest BCUT2D eigenvalue weighted by molar-refractivity contribution is 5.73. The van der Waals surface area contributed by atoms with E-state index in [1.165, 1.54) is 0 Å². The molecule has 0 N–H and O–H groups in total. The van der Waals surface area contributed by atoms with Crippen LogP contribution in [-0.4, -0.2) is 18.7 Å². The van der Waals surface area contributed by atoms with Crippen LogP contribution in [0.25, 0.3) is 0 Å². The largest absolute Gasteiger partial charge is 0.428 e. The van der Waals surface area contributed by atoms with E-state index in [2.05, 4.69) is 0 Å². The van der Waals surface area contributed by atoms with Gasteiger partial charge in [0.05, 0.1) is 12.8 Å². The molecule has 35 heavy (non-hydrogen) atoms. The molecule has 0 radical (unpaired) electrons. The SMILES string of the molecule is O=C(CC(c1ccccc1)c1ccccc1)OCOC(=O)CC(c1ccccc1)c1ccccc1. The van der Waals surface area contributed by atoms with Crippen LogP contribution in [-0.2, 0) is 19.1 Å². The normalized spacial score (nSPS) is 10.8. The second-order valence-electron chi connectivity index (χ2n) is 8.31. The van der Waals surface area contributed by atoms with Gasteiger partial charge in [0.15, 0.2) is 0 Å². The molecule has 0 heterocycles. The van der Waals surface area contributed by atoms with Crippen LogP contribution in [0.3, 0.4) is 0 Å². The number of hydrogen-bond donors (Lipinski definition) is 0. The Balaban J connectivity index is 1.34. The van der Waals surface area contributed by atoms with E-state index < -0.39 is 18.7 Å². The van der Waals surface area contributed by atoms with Gasteiger partial charge in [0.25, 0.3) is 0 Å². The van der Waals surface area contributed by atoms with Crippen LogP contribution in [0.4, 0.5) is 0 Å². The van der Waals surface area contributed by atoms with Crippen molar-refractivity contribution in [3.05, 3.63) is 144 Å². The van der Waals surface area contributed by atoms with Crippen molar-refractivity contribution in [1.82, 2.24) is 0 Å². The topological polar surface area (TPSA) is 52.6 Å². The van der Waals surface area contributed by atoms with Crippen LogP contribution in [0.1, 0.15) is 46.9 Å². The van der Waals surface area contributed by atoms with Gasteiger partial charge in [-0.1, -0.05) is 121 Å². The van der Waals surface area contributed by atoms with Crippen LogP contribution in [0, 0.1) is 0 Å². The fourth-order valence-corrected chi connectivity index (χ4v) is 4.21. The molecular formula is C31H28O4. The Hall–Kier alpha value is -4.18. The first-order valence-corrected chi connectivity index (χ1v) is 11.7. The molecule has 176 valence electrons. The first-order chi connectivity index (χ1) is 17.2. The van der Waals surface area contributed by atoms with Crippen LogP contribution in [0.5, 0.6) is 0 Å². The van der Waals surface area contributed by atoms with E-state index in [0.29, 0.717) is 0 Å². The number of rotatable bonds is 10. The maximum absolute atomic E-state index is 12.6. The third kappa shape index (κ3) is 6.90. The van der Waals surface area contributed by atoms with Crippen LogP contribution >= 0.6 is 0 Å². The molecule has 0 unspecified atom stereocenters. The molecule has 4 rings (SSSR count). The number of carbonyl (C=O) groups excluding carboxylic acids is 2. The predicted octanol–water partition coefficient (Wildman–Crippen LogP) is 6.47. The number of ether oxygens (including phenoxy) is 2. The summed E-state index contributed by atoms with van der Waals surface area (Å²) in [7, 11) is 0. The van der Waals surface area contributed by atoms with Crippen molar-refractivity contribution in [3.63, 3.8) is 0 Å². The minimum Gasteiger partial charge on any atom is -0.428 e. The van der Waals surface area contributed by atoms with Gasteiger partial charge in [-0.25, -0.2) is 0 Å². The molecule has 0 amide bonds. The molecule has 4 heteroatoms. The van der Waals surface area contributed by atoms with Gasteiger partial charge in [-0.05, 0) is 22.3 Å². The molecule has 0 aliphatic rings. The van der Waals surface area contributed by atoms with E-state index in [1.807, 2.05) is 121 Å². The highest BCUT2D eigenvalue weighted by atomic mass is 16.7. The van der Waals surface area contributed by atoms with E-state index in [-0.39, 0.29) is 24.7 Å². The zero-order chi connectivity index (χ0) is 24.3. The van der Waals surface area contributed by atoms with Crippen molar-refractivity contribution in [2.75, 3.05) is 6.79 Å². The van der Waals surface area contributed by atoms with E-state index in [1.54, 1.807) is 0 Å². The summed E-state index contributed by atoms with van der Waals surface area (Å²) in [4.78, 5) is 25.3. The van der Waals surface area contributed by atoms with Gasteiger partial charge in [0, 0.05) is 11.8 Å². The fourth-order valence-electron chi connectivity index (χ4n) is 4.21. The van der Waals surface area contributed by atoms with Crippen LogP contribution < -0.4 is 0 Å². The molecule has 0 spiro atoms. The third-order valence-electron chi connectivity index (χ3n) is 5.99. The van der Waals surface area contributed by atoms with E-state index >= 15 is 0 Å². The van der Waals surface area contributed by atoms with Gasteiger partial charge in [-0.15, -0.1) is 0 Å². The monoisotopic (exact) mass is 464 g/mol. The first-order valence-electron chi connectivity index (χ1n) is 11.7. The van der Waals surface area contributed by atoms with Crippen molar-refractivity contribution in [1.29, 1.82) is 0 Å². The van der Waals surface area contributed by atoms with Gasteiger partial charge < -0.3 is 9.47 Å². The molecule has 0 aliphatic heterocycles. The average molecular weight is 465 g/mol. The Morgan fingerprint density at radius 2 is 0.714 bits per heavy atom. The molecular weight excluding hydrogens is 436 g/mol. The quantitative estimate of drug-likeness (QED) is 0.199. The summed E-state index contributed by atoms with van der Waals surface area (Å²) in [6, 6.07) is 39.4. The predicted molar refractivity (Wildman–Crippen MR) is 136 cm³/mol. The highest BCUT2D eigenvalue weighted by Gasteiger charge is 2.21. The van der Waals surface area contributed by atoms with Crippen molar-refractivity contribution >= 4 is 11.9 Å². The zero-order valence-electron chi connectivity index (χ0n) is 19.5. The van der Waals surface area contributed by atoms with Crippen molar-refractivity contribution in [2.24, 2.45) is 0 Å². The molecule has 0 aromatic heterocycles. The maximum atomic E-state index is 12.6. The Morgan fingerprint density at radius 3 is 0.971 bits per heavy atom. The summed E-state index contributed by atoms with van der Waals surface area (Å²) in [5.74, 6) is -1.11. The van der Waals surface area contributed by atoms with Crippen molar-refractivity contribution < 1.29 is 19.1 Å². The van der Waals surface area contributed by atoms with Gasteiger partial charge in [-0.3, -0.25) is 9.59 Å². The lowest BCUT2D eigenvalue weighted by Gasteiger charge is -2.18. The second-order valence-corrected chi connectivity index (χ2v) is 8.31. The first kappa shape index (κ1) is 24.0. The molecule has 4 aromatic carbocycles. The maximum Gasteiger partial charge on any atom is 0.309 e. The average Bonchev–Trinajstić information content (AvgIpc) is 2.92. The van der Waals surface area contributed by atoms with Crippen LogP contribution in [0.15, 0.2) is 121 Å². The second kappa shape index (κ2) is 12.3. The van der Waals surface area contributed by atoms with Gasteiger partial charge in [-0.2, -0.15) is 0 Å². The van der Waals surface area contributed by atoms with E-state index in [0.717, 1.165) is 22.3 Å². The standard InChI is InChI=1S/C31H28O4/c32-30(21-28(24-13-5-1-6-14-24)25-15-7-2-8-16-25)34-23-35-31(33)22-29(26-17-9-3-10-18-26)27-19-11-4-12-20-27/h1-20,28-29H,21-23H2. The summed E-state index contributed by atoms with van der Waals surface area (Å²) >= 11 is 0. The van der Waals surface area contributed by atoms with Crippen molar-refractivity contribution in [2.45, 2.75) is 24.7 Å². The molecule has 4 nitrogen and oxygen atoms in total. The summed E-state index contributed by atoms with van der Waals surface area (Å²) in [5.41, 5.74) is 4.12. The third-order valence-corrected chi connectivity index (χ3v) is 5.99. The van der Waals surface area contributed by atoms with Crippen LogP contribution in [0.2, 0.25) is 0 Å². The van der Waals surface area contributed by atoms with Gasteiger partial charge in [0.1, 0.15) is 0 Å².